The van der Waals surface area contributed by atoms with E-state index in [1.54, 1.807) is 41.3 Å². The summed E-state index contributed by atoms with van der Waals surface area (Å²) in [6.07, 6.45) is 0. The second-order valence-electron chi connectivity index (χ2n) is 6.75. The first-order valence-electron chi connectivity index (χ1n) is 9.61. The van der Waals surface area contributed by atoms with Gasteiger partial charge in [-0.3, -0.25) is 9.59 Å². The van der Waals surface area contributed by atoms with E-state index in [1.807, 2.05) is 42.5 Å². The number of carbonyl (C=O) groups excluding carboxylic acids is 2. The minimum Gasteiger partial charge on any atom is -0.490 e. The van der Waals surface area contributed by atoms with Gasteiger partial charge in [-0.1, -0.05) is 54.1 Å². The molecule has 0 aliphatic heterocycles. The number of amides is 2. The second kappa shape index (κ2) is 10.5. The van der Waals surface area contributed by atoms with Crippen molar-refractivity contribution in [1.29, 1.82) is 0 Å². The van der Waals surface area contributed by atoms with Crippen LogP contribution >= 0.6 is 11.6 Å². The summed E-state index contributed by atoms with van der Waals surface area (Å²) in [5.74, 6) is 0.287. The molecule has 0 aliphatic rings. The predicted octanol–water partition coefficient (Wildman–Crippen LogP) is 5.02. The number of ether oxygens (including phenoxy) is 1. The number of nitrogens with one attached hydrogen (secondary N) is 1. The van der Waals surface area contributed by atoms with Crippen LogP contribution in [0.4, 0.5) is 5.69 Å². The van der Waals surface area contributed by atoms with Crippen molar-refractivity contribution < 1.29 is 14.3 Å². The summed E-state index contributed by atoms with van der Waals surface area (Å²) in [4.78, 5) is 26.2. The summed E-state index contributed by atoms with van der Waals surface area (Å²) in [6, 6.07) is 23.9. The summed E-state index contributed by atoms with van der Waals surface area (Å²) in [5, 5.41) is 3.33. The van der Waals surface area contributed by atoms with Gasteiger partial charge in [-0.05, 0) is 42.0 Å². The topological polar surface area (TPSA) is 58.6 Å². The molecule has 0 spiro atoms. The van der Waals surface area contributed by atoms with Crippen molar-refractivity contribution in [2.45, 2.75) is 13.5 Å². The Balaban J connectivity index is 1.72. The monoisotopic (exact) mass is 422 g/mol. The lowest BCUT2D eigenvalue weighted by molar-refractivity contribution is -0.114. The van der Waals surface area contributed by atoms with Crippen LogP contribution in [0.2, 0.25) is 5.02 Å². The fourth-order valence-corrected chi connectivity index (χ4v) is 3.11. The van der Waals surface area contributed by atoms with E-state index in [4.69, 9.17) is 16.3 Å². The Morgan fingerprint density at radius 3 is 2.30 bits per heavy atom. The number of benzene rings is 3. The summed E-state index contributed by atoms with van der Waals surface area (Å²) in [5.41, 5.74) is 2.19. The number of carbonyl (C=O) groups is 2. The van der Waals surface area contributed by atoms with E-state index < -0.39 is 0 Å². The van der Waals surface area contributed by atoms with Gasteiger partial charge in [-0.25, -0.2) is 0 Å². The Morgan fingerprint density at radius 2 is 1.60 bits per heavy atom. The SMILES string of the molecule is CC(=O)Nc1ccccc1OCCN(Cc1ccccc1)C(=O)c1ccc(Cl)cc1. The number of nitrogens with zero attached hydrogens (tertiary/aromatic N) is 1. The van der Waals surface area contributed by atoms with Gasteiger partial charge < -0.3 is 15.0 Å². The molecule has 3 rings (SSSR count). The van der Waals surface area contributed by atoms with Crippen molar-refractivity contribution in [2.75, 3.05) is 18.5 Å². The molecule has 154 valence electrons. The van der Waals surface area contributed by atoms with Crippen LogP contribution in [0.5, 0.6) is 5.75 Å². The van der Waals surface area contributed by atoms with E-state index in [0.717, 1.165) is 5.56 Å². The first-order valence-corrected chi connectivity index (χ1v) is 9.99. The number of hydrogen-bond donors (Lipinski definition) is 1. The Hall–Kier alpha value is -3.31. The molecule has 0 unspecified atom stereocenters. The molecule has 0 atom stereocenters. The van der Waals surface area contributed by atoms with Gasteiger partial charge in [-0.2, -0.15) is 0 Å². The molecule has 5 nitrogen and oxygen atoms in total. The number of halogens is 1. The van der Waals surface area contributed by atoms with E-state index in [9.17, 15) is 9.59 Å². The summed E-state index contributed by atoms with van der Waals surface area (Å²) < 4.78 is 5.88. The highest BCUT2D eigenvalue weighted by atomic mass is 35.5. The zero-order valence-corrected chi connectivity index (χ0v) is 17.4. The highest BCUT2D eigenvalue weighted by Gasteiger charge is 2.17. The third-order valence-corrected chi connectivity index (χ3v) is 4.66. The summed E-state index contributed by atoms with van der Waals surface area (Å²) in [6.45, 7) is 2.57. The molecule has 0 aromatic heterocycles. The molecule has 0 radical (unpaired) electrons. The predicted molar refractivity (Wildman–Crippen MR) is 119 cm³/mol. The van der Waals surface area contributed by atoms with E-state index in [1.165, 1.54) is 6.92 Å². The molecule has 0 heterocycles. The molecule has 0 bridgehead atoms. The molecule has 2 amide bonds. The number of hydrogen-bond acceptors (Lipinski definition) is 3. The molecule has 3 aromatic carbocycles. The largest absolute Gasteiger partial charge is 0.490 e. The number of rotatable bonds is 8. The van der Waals surface area contributed by atoms with Gasteiger partial charge in [-0.15, -0.1) is 0 Å². The molecule has 1 N–H and O–H groups in total. The standard InChI is InChI=1S/C24H23ClN2O3/c1-18(28)26-22-9-5-6-10-23(22)30-16-15-27(17-19-7-3-2-4-8-19)24(29)20-11-13-21(25)14-12-20/h2-14H,15-17H2,1H3,(H,26,28). The van der Waals surface area contributed by atoms with E-state index in [0.29, 0.717) is 35.1 Å². The van der Waals surface area contributed by atoms with Crippen LogP contribution in [0.1, 0.15) is 22.8 Å². The number of para-hydroxylation sites is 2. The first kappa shape index (κ1) is 21.4. The van der Waals surface area contributed by atoms with Crippen LogP contribution in [0.25, 0.3) is 0 Å². The smallest absolute Gasteiger partial charge is 0.254 e. The number of anilines is 1. The third-order valence-electron chi connectivity index (χ3n) is 4.41. The third kappa shape index (κ3) is 6.09. The molecule has 0 fully saturated rings. The molecular weight excluding hydrogens is 400 g/mol. The summed E-state index contributed by atoms with van der Waals surface area (Å²) in [7, 11) is 0. The van der Waals surface area contributed by atoms with E-state index >= 15 is 0 Å². The van der Waals surface area contributed by atoms with Gasteiger partial charge in [0.05, 0.1) is 12.2 Å². The van der Waals surface area contributed by atoms with Gasteiger partial charge >= 0.3 is 0 Å². The van der Waals surface area contributed by atoms with Crippen LogP contribution < -0.4 is 10.1 Å². The van der Waals surface area contributed by atoms with Gasteiger partial charge in [0.2, 0.25) is 5.91 Å². The molecule has 3 aromatic rings. The zero-order valence-electron chi connectivity index (χ0n) is 16.7. The maximum Gasteiger partial charge on any atom is 0.254 e. The van der Waals surface area contributed by atoms with Crippen molar-refractivity contribution in [1.82, 2.24) is 4.90 Å². The quantitative estimate of drug-likeness (QED) is 0.554. The van der Waals surface area contributed by atoms with Crippen molar-refractivity contribution in [2.24, 2.45) is 0 Å². The second-order valence-corrected chi connectivity index (χ2v) is 7.18. The minimum atomic E-state index is -0.172. The fourth-order valence-electron chi connectivity index (χ4n) is 2.98. The van der Waals surface area contributed by atoms with Gasteiger partial charge in [0, 0.05) is 24.1 Å². The molecule has 30 heavy (non-hydrogen) atoms. The van der Waals surface area contributed by atoms with Crippen molar-refractivity contribution in [3.05, 3.63) is 95.0 Å². The Kier molecular flexibility index (Phi) is 7.46. The lowest BCUT2D eigenvalue weighted by atomic mass is 10.1. The Morgan fingerprint density at radius 1 is 0.933 bits per heavy atom. The van der Waals surface area contributed by atoms with Crippen molar-refractivity contribution in [3.8, 4) is 5.75 Å². The average molecular weight is 423 g/mol. The van der Waals surface area contributed by atoms with Crippen LogP contribution in [-0.4, -0.2) is 29.9 Å². The van der Waals surface area contributed by atoms with Gasteiger partial charge in [0.15, 0.2) is 0 Å². The highest BCUT2D eigenvalue weighted by molar-refractivity contribution is 6.30. The first-order chi connectivity index (χ1) is 14.5. The van der Waals surface area contributed by atoms with Crippen LogP contribution in [0, 0.1) is 0 Å². The summed E-state index contributed by atoms with van der Waals surface area (Å²) >= 11 is 5.95. The van der Waals surface area contributed by atoms with E-state index in [2.05, 4.69) is 5.32 Å². The van der Waals surface area contributed by atoms with Crippen molar-refractivity contribution >= 4 is 29.1 Å². The molecular formula is C24H23ClN2O3. The Labute approximate surface area is 181 Å². The lowest BCUT2D eigenvalue weighted by Gasteiger charge is -2.23. The lowest BCUT2D eigenvalue weighted by Crippen LogP contribution is -2.34. The normalized spacial score (nSPS) is 10.3. The fraction of sp³-hybridized carbons (Fsp3) is 0.167. The molecule has 0 saturated carbocycles. The zero-order chi connectivity index (χ0) is 21.3. The van der Waals surface area contributed by atoms with Gasteiger partial charge in [0.25, 0.3) is 5.91 Å². The van der Waals surface area contributed by atoms with Crippen LogP contribution in [0.15, 0.2) is 78.9 Å². The maximum atomic E-state index is 13.1. The van der Waals surface area contributed by atoms with Crippen molar-refractivity contribution in [3.63, 3.8) is 0 Å². The van der Waals surface area contributed by atoms with E-state index in [-0.39, 0.29) is 18.4 Å². The van der Waals surface area contributed by atoms with Gasteiger partial charge in [0.1, 0.15) is 12.4 Å². The minimum absolute atomic E-state index is 0.103. The maximum absolute atomic E-state index is 13.1. The van der Waals surface area contributed by atoms with Crippen LogP contribution in [-0.2, 0) is 11.3 Å². The average Bonchev–Trinajstić information content (AvgIpc) is 2.74. The Bertz CT molecular complexity index is 991. The van der Waals surface area contributed by atoms with Crippen LogP contribution in [0.3, 0.4) is 0 Å². The molecule has 0 aliphatic carbocycles. The highest BCUT2D eigenvalue weighted by Crippen LogP contribution is 2.23. The molecule has 0 saturated heterocycles. The molecule has 6 heteroatoms.